The molecule has 0 aromatic carbocycles. The van der Waals surface area contributed by atoms with Crippen molar-refractivity contribution < 1.29 is 9.53 Å². The van der Waals surface area contributed by atoms with Crippen molar-refractivity contribution in [3.05, 3.63) is 16.4 Å². The van der Waals surface area contributed by atoms with Crippen LogP contribution in [0.5, 0.6) is 0 Å². The van der Waals surface area contributed by atoms with Crippen molar-refractivity contribution in [1.29, 1.82) is 0 Å². The van der Waals surface area contributed by atoms with Gasteiger partial charge in [-0.15, -0.1) is 0 Å². The molecule has 1 aromatic rings. The van der Waals surface area contributed by atoms with Gasteiger partial charge in [0.05, 0.1) is 29.2 Å². The summed E-state index contributed by atoms with van der Waals surface area (Å²) in [5.41, 5.74) is 0.350. The van der Waals surface area contributed by atoms with E-state index >= 15 is 0 Å². The number of ether oxygens (including phenoxy) is 1. The van der Waals surface area contributed by atoms with Gasteiger partial charge in [-0.05, 0) is 36.7 Å². The van der Waals surface area contributed by atoms with Gasteiger partial charge in [-0.25, -0.2) is 0 Å². The van der Waals surface area contributed by atoms with Gasteiger partial charge in [0.1, 0.15) is 0 Å². The summed E-state index contributed by atoms with van der Waals surface area (Å²) in [6.45, 7) is 6.09. The number of hydrogen-bond donors (Lipinski definition) is 0. The van der Waals surface area contributed by atoms with E-state index in [2.05, 4.69) is 21.0 Å². The average Bonchev–Trinajstić information content (AvgIpc) is 2.43. The average molecular weight is 275 g/mol. The Kier molecular flexibility index (Phi) is 3.54. The molecule has 0 aliphatic heterocycles. The number of carbonyl (C=O) groups excluding carboxylic acids is 1. The number of aryl methyl sites for hydroxylation is 1. The minimum absolute atomic E-state index is 0.230. The zero-order chi connectivity index (χ0) is 11.6. The number of methoxy groups -OCH3 is 1. The first-order valence-electron chi connectivity index (χ1n) is 4.65. The number of nitrogens with zero attached hydrogens (tertiary/aromatic N) is 2. The number of esters is 1. The quantitative estimate of drug-likeness (QED) is 0.794. The first kappa shape index (κ1) is 12.2. The van der Waals surface area contributed by atoms with E-state index in [0.29, 0.717) is 6.54 Å². The highest BCUT2D eigenvalue weighted by Crippen LogP contribution is 2.21. The van der Waals surface area contributed by atoms with E-state index in [1.165, 1.54) is 7.11 Å². The predicted molar refractivity (Wildman–Crippen MR) is 60.5 cm³/mol. The summed E-state index contributed by atoms with van der Waals surface area (Å²) >= 11 is 3.38. The van der Waals surface area contributed by atoms with Crippen molar-refractivity contribution in [3.63, 3.8) is 0 Å². The molecule has 0 spiro atoms. The summed E-state index contributed by atoms with van der Waals surface area (Å²) in [5.74, 6) is -0.230. The van der Waals surface area contributed by atoms with Crippen molar-refractivity contribution in [1.82, 2.24) is 9.78 Å². The van der Waals surface area contributed by atoms with E-state index in [0.717, 1.165) is 10.2 Å². The molecular weight excluding hydrogens is 260 g/mol. The molecular formula is C10H15BrN2O2. The summed E-state index contributed by atoms with van der Waals surface area (Å²) < 4.78 is 7.43. The Hall–Kier alpha value is -0.840. The molecule has 0 saturated carbocycles. The second-order valence-corrected chi connectivity index (χ2v) is 4.99. The lowest BCUT2D eigenvalue weighted by atomic mass is 9.94. The molecule has 0 saturated heterocycles. The Bertz CT molecular complexity index is 352. The van der Waals surface area contributed by atoms with Gasteiger partial charge >= 0.3 is 5.97 Å². The van der Waals surface area contributed by atoms with Crippen LogP contribution < -0.4 is 0 Å². The van der Waals surface area contributed by atoms with Crippen LogP contribution in [0.2, 0.25) is 0 Å². The molecule has 0 unspecified atom stereocenters. The van der Waals surface area contributed by atoms with Crippen molar-refractivity contribution in [2.24, 2.45) is 5.41 Å². The molecule has 84 valence electrons. The van der Waals surface area contributed by atoms with Gasteiger partial charge in [0.2, 0.25) is 0 Å². The molecule has 0 aliphatic rings. The molecule has 0 atom stereocenters. The molecule has 15 heavy (non-hydrogen) atoms. The predicted octanol–water partition coefficient (Wildman–Crippen LogP) is 2.15. The topological polar surface area (TPSA) is 44.1 Å². The lowest BCUT2D eigenvalue weighted by molar-refractivity contribution is -0.151. The van der Waals surface area contributed by atoms with E-state index in [4.69, 9.17) is 4.74 Å². The maximum absolute atomic E-state index is 11.5. The highest BCUT2D eigenvalue weighted by atomic mass is 79.9. The Morgan fingerprint density at radius 2 is 2.27 bits per heavy atom. The second-order valence-electron chi connectivity index (χ2n) is 4.14. The van der Waals surface area contributed by atoms with Crippen molar-refractivity contribution in [2.45, 2.75) is 27.3 Å². The first-order chi connectivity index (χ1) is 6.86. The second kappa shape index (κ2) is 4.35. The monoisotopic (exact) mass is 274 g/mol. The molecule has 0 bridgehead atoms. The fourth-order valence-electron chi connectivity index (χ4n) is 1.32. The first-order valence-corrected chi connectivity index (χ1v) is 5.44. The summed E-state index contributed by atoms with van der Waals surface area (Å²) in [6.07, 6.45) is 1.86. The maximum atomic E-state index is 11.5. The molecule has 0 radical (unpaired) electrons. The third kappa shape index (κ3) is 2.81. The highest BCUT2D eigenvalue weighted by Gasteiger charge is 2.29. The molecule has 5 heteroatoms. The van der Waals surface area contributed by atoms with E-state index < -0.39 is 5.41 Å². The van der Waals surface area contributed by atoms with Crippen LogP contribution in [-0.2, 0) is 16.1 Å². The van der Waals surface area contributed by atoms with Crippen LogP contribution in [-0.4, -0.2) is 22.9 Å². The van der Waals surface area contributed by atoms with E-state index in [9.17, 15) is 4.79 Å². The van der Waals surface area contributed by atoms with Crippen LogP contribution in [0.3, 0.4) is 0 Å². The maximum Gasteiger partial charge on any atom is 0.313 e. The van der Waals surface area contributed by atoms with E-state index in [-0.39, 0.29) is 5.97 Å². The molecule has 1 aromatic heterocycles. The molecule has 0 aliphatic carbocycles. The van der Waals surface area contributed by atoms with E-state index in [1.54, 1.807) is 4.68 Å². The van der Waals surface area contributed by atoms with Gasteiger partial charge in [-0.2, -0.15) is 5.10 Å². The summed E-state index contributed by atoms with van der Waals surface area (Å²) in [6, 6.07) is 0. The normalized spacial score (nSPS) is 11.5. The van der Waals surface area contributed by atoms with Gasteiger partial charge in [-0.3, -0.25) is 9.48 Å². The smallest absolute Gasteiger partial charge is 0.313 e. The number of halogens is 1. The molecule has 1 rings (SSSR count). The van der Waals surface area contributed by atoms with Crippen molar-refractivity contribution in [3.8, 4) is 0 Å². The van der Waals surface area contributed by atoms with Crippen LogP contribution in [0, 0.1) is 12.3 Å². The molecule has 0 N–H and O–H groups in total. The van der Waals surface area contributed by atoms with Crippen molar-refractivity contribution in [2.75, 3.05) is 7.11 Å². The third-order valence-electron chi connectivity index (χ3n) is 2.18. The SMILES string of the molecule is COC(=O)C(C)(C)Cn1cc(Br)c(C)n1. The third-order valence-corrected chi connectivity index (χ3v) is 2.96. The summed E-state index contributed by atoms with van der Waals surface area (Å²) in [4.78, 5) is 11.5. The number of aromatic nitrogens is 2. The minimum atomic E-state index is -0.563. The molecule has 0 fully saturated rings. The standard InChI is InChI=1S/C10H15BrN2O2/c1-7-8(11)5-13(12-7)6-10(2,3)9(14)15-4/h5H,6H2,1-4H3. The van der Waals surface area contributed by atoms with Crippen LogP contribution in [0.25, 0.3) is 0 Å². The van der Waals surface area contributed by atoms with Gasteiger partial charge in [0.15, 0.2) is 0 Å². The Labute approximate surface area is 97.7 Å². The highest BCUT2D eigenvalue weighted by molar-refractivity contribution is 9.10. The Balaban J connectivity index is 2.81. The zero-order valence-corrected chi connectivity index (χ0v) is 11.0. The fraction of sp³-hybridized carbons (Fsp3) is 0.600. The summed E-state index contributed by atoms with van der Waals surface area (Å²) in [5, 5.41) is 4.27. The lowest BCUT2D eigenvalue weighted by Crippen LogP contribution is -2.30. The number of hydrogen-bond acceptors (Lipinski definition) is 3. The van der Waals surface area contributed by atoms with Crippen molar-refractivity contribution >= 4 is 21.9 Å². The van der Waals surface area contributed by atoms with Gasteiger partial charge in [0, 0.05) is 6.20 Å². The lowest BCUT2D eigenvalue weighted by Gasteiger charge is -2.20. The zero-order valence-electron chi connectivity index (χ0n) is 9.37. The van der Waals surface area contributed by atoms with Gasteiger partial charge in [-0.1, -0.05) is 0 Å². The van der Waals surface area contributed by atoms with Crippen LogP contribution >= 0.6 is 15.9 Å². The summed E-state index contributed by atoms with van der Waals surface area (Å²) in [7, 11) is 1.40. The largest absolute Gasteiger partial charge is 0.469 e. The Morgan fingerprint density at radius 3 is 2.67 bits per heavy atom. The van der Waals surface area contributed by atoms with Gasteiger partial charge in [0.25, 0.3) is 0 Å². The van der Waals surface area contributed by atoms with Crippen LogP contribution in [0.1, 0.15) is 19.5 Å². The Morgan fingerprint density at radius 1 is 1.67 bits per heavy atom. The number of carbonyl (C=O) groups is 1. The number of rotatable bonds is 3. The molecule has 4 nitrogen and oxygen atoms in total. The fourth-order valence-corrected chi connectivity index (χ4v) is 1.64. The van der Waals surface area contributed by atoms with E-state index in [1.807, 2.05) is 27.0 Å². The van der Waals surface area contributed by atoms with Crippen LogP contribution in [0.15, 0.2) is 10.7 Å². The molecule has 1 heterocycles. The van der Waals surface area contributed by atoms with Gasteiger partial charge < -0.3 is 4.74 Å². The van der Waals surface area contributed by atoms with Crippen LogP contribution in [0.4, 0.5) is 0 Å². The molecule has 0 amide bonds. The minimum Gasteiger partial charge on any atom is -0.469 e.